The van der Waals surface area contributed by atoms with Crippen LogP contribution in [0.2, 0.25) is 0 Å². The lowest BCUT2D eigenvalue weighted by Gasteiger charge is -2.18. The molecule has 0 saturated heterocycles. The molecule has 2 rings (SSSR count). The third-order valence-electron chi connectivity index (χ3n) is 2.88. The number of hydrogen-bond donors (Lipinski definition) is 1. The molecule has 1 aliphatic rings. The fraction of sp³-hybridized carbons (Fsp3) is 0.500. The van der Waals surface area contributed by atoms with Gasteiger partial charge in [-0.3, -0.25) is 0 Å². The Morgan fingerprint density at radius 1 is 1.53 bits per heavy atom. The first kappa shape index (κ1) is 12.1. The molecule has 1 aromatic rings. The van der Waals surface area contributed by atoms with Crippen LogP contribution < -0.4 is 10.2 Å². The number of hydrogen-bond acceptors (Lipinski definition) is 3. The lowest BCUT2D eigenvalue weighted by atomic mass is 10.2. The molecular weight excluding hydrogens is 210 g/mol. The summed E-state index contributed by atoms with van der Waals surface area (Å²) >= 11 is 0. The van der Waals surface area contributed by atoms with Gasteiger partial charge in [0.05, 0.1) is 0 Å². The van der Waals surface area contributed by atoms with Crippen LogP contribution in [0.5, 0.6) is 0 Å². The number of pyridine rings is 1. The van der Waals surface area contributed by atoms with Crippen molar-refractivity contribution in [3.63, 3.8) is 0 Å². The Morgan fingerprint density at radius 3 is 2.82 bits per heavy atom. The van der Waals surface area contributed by atoms with E-state index < -0.39 is 0 Å². The maximum absolute atomic E-state index is 4.47. The van der Waals surface area contributed by atoms with E-state index in [0.29, 0.717) is 0 Å². The van der Waals surface area contributed by atoms with E-state index in [1.54, 1.807) is 0 Å². The molecule has 1 aliphatic carbocycles. The quantitative estimate of drug-likeness (QED) is 0.762. The van der Waals surface area contributed by atoms with Gasteiger partial charge in [0.25, 0.3) is 0 Å². The van der Waals surface area contributed by atoms with Crippen molar-refractivity contribution in [3.05, 3.63) is 36.0 Å². The molecule has 1 heterocycles. The summed E-state index contributed by atoms with van der Waals surface area (Å²) in [5.74, 6) is 1.00. The van der Waals surface area contributed by atoms with Gasteiger partial charge in [0.2, 0.25) is 0 Å². The highest BCUT2D eigenvalue weighted by atomic mass is 15.2. The maximum Gasteiger partial charge on any atom is 0.128 e. The first-order chi connectivity index (χ1) is 8.15. The monoisotopic (exact) mass is 231 g/mol. The summed E-state index contributed by atoms with van der Waals surface area (Å²) in [6.45, 7) is 7.73. The Kier molecular flexibility index (Phi) is 3.79. The van der Waals surface area contributed by atoms with Crippen molar-refractivity contribution in [1.29, 1.82) is 0 Å². The summed E-state index contributed by atoms with van der Waals surface area (Å²) in [6.07, 6.45) is 4.61. The predicted molar refractivity (Wildman–Crippen MR) is 72.2 cm³/mol. The molecule has 0 amide bonds. The molecule has 17 heavy (non-hydrogen) atoms. The Balaban J connectivity index is 1.89. The van der Waals surface area contributed by atoms with Crippen LogP contribution in [0.15, 0.2) is 30.5 Å². The van der Waals surface area contributed by atoms with Gasteiger partial charge in [0, 0.05) is 32.4 Å². The van der Waals surface area contributed by atoms with E-state index in [0.717, 1.165) is 30.5 Å². The fourth-order valence-corrected chi connectivity index (χ4v) is 1.78. The van der Waals surface area contributed by atoms with Gasteiger partial charge in [0.1, 0.15) is 5.82 Å². The fourth-order valence-electron chi connectivity index (χ4n) is 1.78. The van der Waals surface area contributed by atoms with Gasteiger partial charge in [-0.1, -0.05) is 18.2 Å². The van der Waals surface area contributed by atoms with Crippen LogP contribution in [0.1, 0.15) is 25.3 Å². The number of nitrogens with zero attached hydrogens (tertiary/aromatic N) is 2. The SMILES string of the molecule is C=C(C)CN(C)c1ccc(CNC2CC2)cn1. The van der Waals surface area contributed by atoms with Crippen molar-refractivity contribution in [2.24, 2.45) is 0 Å². The van der Waals surface area contributed by atoms with Crippen molar-refractivity contribution in [1.82, 2.24) is 10.3 Å². The smallest absolute Gasteiger partial charge is 0.128 e. The minimum atomic E-state index is 0.751. The molecule has 3 heteroatoms. The topological polar surface area (TPSA) is 28.2 Å². The summed E-state index contributed by atoms with van der Waals surface area (Å²) < 4.78 is 0. The van der Waals surface area contributed by atoms with Crippen molar-refractivity contribution in [2.45, 2.75) is 32.4 Å². The third-order valence-corrected chi connectivity index (χ3v) is 2.88. The van der Waals surface area contributed by atoms with Crippen LogP contribution in [0.3, 0.4) is 0 Å². The summed E-state index contributed by atoms with van der Waals surface area (Å²) in [6, 6.07) is 4.97. The molecule has 3 nitrogen and oxygen atoms in total. The maximum atomic E-state index is 4.47. The summed E-state index contributed by atoms with van der Waals surface area (Å²) in [5, 5.41) is 3.49. The van der Waals surface area contributed by atoms with Crippen LogP contribution >= 0.6 is 0 Å². The van der Waals surface area contributed by atoms with E-state index in [9.17, 15) is 0 Å². The van der Waals surface area contributed by atoms with E-state index in [2.05, 4.69) is 33.9 Å². The van der Waals surface area contributed by atoms with E-state index in [1.165, 1.54) is 18.4 Å². The summed E-state index contributed by atoms with van der Waals surface area (Å²) in [4.78, 5) is 6.59. The molecule has 1 saturated carbocycles. The average molecular weight is 231 g/mol. The van der Waals surface area contributed by atoms with Crippen molar-refractivity contribution in [2.75, 3.05) is 18.5 Å². The lowest BCUT2D eigenvalue weighted by molar-refractivity contribution is 0.686. The molecular formula is C14H21N3. The minimum absolute atomic E-state index is 0.751. The second kappa shape index (κ2) is 5.32. The van der Waals surface area contributed by atoms with Gasteiger partial charge in [-0.05, 0) is 31.4 Å². The Hall–Kier alpha value is -1.35. The highest BCUT2D eigenvalue weighted by Gasteiger charge is 2.19. The summed E-state index contributed by atoms with van der Waals surface area (Å²) in [7, 11) is 2.04. The zero-order valence-corrected chi connectivity index (χ0v) is 10.7. The molecule has 0 atom stereocenters. The average Bonchev–Trinajstić information content (AvgIpc) is 3.10. The normalized spacial score (nSPS) is 14.7. The van der Waals surface area contributed by atoms with Crippen LogP contribution in [-0.2, 0) is 6.54 Å². The first-order valence-corrected chi connectivity index (χ1v) is 6.19. The largest absolute Gasteiger partial charge is 0.356 e. The standard InChI is InChI=1S/C14H21N3/c1-11(2)10-17(3)14-7-4-12(9-16-14)8-15-13-5-6-13/h4,7,9,13,15H,1,5-6,8,10H2,2-3H3. The number of aromatic nitrogens is 1. The molecule has 0 aliphatic heterocycles. The van der Waals surface area contributed by atoms with Crippen LogP contribution in [-0.4, -0.2) is 24.6 Å². The van der Waals surface area contributed by atoms with Crippen LogP contribution in [0, 0.1) is 0 Å². The highest BCUT2D eigenvalue weighted by molar-refractivity contribution is 5.39. The van der Waals surface area contributed by atoms with Crippen molar-refractivity contribution < 1.29 is 0 Å². The van der Waals surface area contributed by atoms with Gasteiger partial charge in [-0.2, -0.15) is 0 Å². The van der Waals surface area contributed by atoms with E-state index >= 15 is 0 Å². The molecule has 0 unspecified atom stereocenters. The highest BCUT2D eigenvalue weighted by Crippen LogP contribution is 2.19. The van der Waals surface area contributed by atoms with Gasteiger partial charge in [0.15, 0.2) is 0 Å². The molecule has 1 N–H and O–H groups in total. The van der Waals surface area contributed by atoms with Gasteiger partial charge >= 0.3 is 0 Å². The number of rotatable bonds is 6. The van der Waals surface area contributed by atoms with Crippen molar-refractivity contribution >= 4 is 5.82 Å². The Labute approximate surface area is 104 Å². The second-order valence-electron chi connectivity index (χ2n) is 4.99. The van der Waals surface area contributed by atoms with Gasteiger partial charge < -0.3 is 10.2 Å². The van der Waals surface area contributed by atoms with Crippen LogP contribution in [0.25, 0.3) is 0 Å². The van der Waals surface area contributed by atoms with E-state index in [-0.39, 0.29) is 0 Å². The minimum Gasteiger partial charge on any atom is -0.356 e. The number of nitrogens with one attached hydrogen (secondary N) is 1. The first-order valence-electron chi connectivity index (χ1n) is 6.19. The summed E-state index contributed by atoms with van der Waals surface area (Å²) in [5.41, 5.74) is 2.40. The van der Waals surface area contributed by atoms with E-state index in [1.807, 2.05) is 20.2 Å². The van der Waals surface area contributed by atoms with Gasteiger partial charge in [-0.25, -0.2) is 4.98 Å². The van der Waals surface area contributed by atoms with Crippen molar-refractivity contribution in [3.8, 4) is 0 Å². The van der Waals surface area contributed by atoms with Crippen LogP contribution in [0.4, 0.5) is 5.82 Å². The lowest BCUT2D eigenvalue weighted by Crippen LogP contribution is -2.20. The molecule has 0 spiro atoms. The zero-order valence-electron chi connectivity index (χ0n) is 10.7. The number of likely N-dealkylation sites (N-methyl/N-ethyl adjacent to an activating group) is 1. The second-order valence-corrected chi connectivity index (χ2v) is 4.99. The molecule has 0 radical (unpaired) electrons. The molecule has 92 valence electrons. The van der Waals surface area contributed by atoms with E-state index in [4.69, 9.17) is 0 Å². The Bertz CT molecular complexity index is 379. The third kappa shape index (κ3) is 3.86. The Morgan fingerprint density at radius 2 is 2.29 bits per heavy atom. The predicted octanol–water partition coefficient (Wildman–Crippen LogP) is 2.35. The van der Waals surface area contributed by atoms with Gasteiger partial charge in [-0.15, -0.1) is 0 Å². The zero-order chi connectivity index (χ0) is 12.3. The molecule has 0 aromatic carbocycles. The number of anilines is 1. The molecule has 0 bridgehead atoms. The molecule has 1 aromatic heterocycles. The molecule has 1 fully saturated rings.